The van der Waals surface area contributed by atoms with Crippen molar-refractivity contribution in [3.8, 4) is 0 Å². The van der Waals surface area contributed by atoms with Gasteiger partial charge < -0.3 is 15.5 Å². The Kier molecular flexibility index (Phi) is 6.03. The smallest absolute Gasteiger partial charge is 0.446 e. The van der Waals surface area contributed by atoms with Gasteiger partial charge in [0.15, 0.2) is 0 Å². The molecule has 21 heavy (non-hydrogen) atoms. The van der Waals surface area contributed by atoms with Gasteiger partial charge in [-0.15, -0.1) is 0 Å². The summed E-state index contributed by atoms with van der Waals surface area (Å²) < 4.78 is 36.4. The van der Waals surface area contributed by atoms with Crippen LogP contribution in [0.2, 0.25) is 0 Å². The minimum atomic E-state index is -4.42. The summed E-state index contributed by atoms with van der Waals surface area (Å²) in [5.74, 6) is -2.04. The lowest BCUT2D eigenvalue weighted by Gasteiger charge is -2.13. The van der Waals surface area contributed by atoms with E-state index in [1.54, 1.807) is 0 Å². The Morgan fingerprint density at radius 1 is 1.24 bits per heavy atom. The van der Waals surface area contributed by atoms with E-state index in [1.807, 2.05) is 0 Å². The first-order valence-corrected chi connectivity index (χ1v) is 6.55. The highest BCUT2D eigenvalue weighted by molar-refractivity contribution is 8.00. The van der Waals surface area contributed by atoms with E-state index >= 15 is 0 Å². The second kappa shape index (κ2) is 7.32. The number of aliphatic carboxylic acids is 1. The van der Waals surface area contributed by atoms with Crippen LogP contribution in [0.1, 0.15) is 16.8 Å². The third-order valence-corrected chi connectivity index (χ3v) is 3.11. The van der Waals surface area contributed by atoms with Crippen molar-refractivity contribution < 1.29 is 33.0 Å². The molecule has 0 unspecified atom stereocenters. The van der Waals surface area contributed by atoms with Crippen LogP contribution < -0.4 is 5.32 Å². The molecule has 1 amide bonds. The number of benzene rings is 1. The Hall–Kier alpha value is -1.74. The van der Waals surface area contributed by atoms with E-state index in [-0.39, 0.29) is 28.6 Å². The maximum absolute atomic E-state index is 12.1. The lowest BCUT2D eigenvalue weighted by atomic mass is 10.1. The van der Waals surface area contributed by atoms with E-state index in [1.165, 1.54) is 12.1 Å². The number of hydrogen-bond acceptors (Lipinski definition) is 4. The zero-order valence-electron chi connectivity index (χ0n) is 10.6. The first-order chi connectivity index (χ1) is 9.73. The number of nitrogens with one attached hydrogen (secondary N) is 1. The molecule has 0 bridgehead atoms. The predicted molar refractivity (Wildman–Crippen MR) is 68.9 cm³/mol. The average Bonchev–Trinajstić information content (AvgIpc) is 2.36. The Morgan fingerprint density at radius 2 is 1.81 bits per heavy atom. The van der Waals surface area contributed by atoms with Crippen LogP contribution in [0.3, 0.4) is 0 Å². The van der Waals surface area contributed by atoms with Gasteiger partial charge in [0, 0.05) is 23.5 Å². The number of carbonyl (C=O) groups excluding carboxylic acids is 1. The summed E-state index contributed by atoms with van der Waals surface area (Å²) in [5.41, 5.74) is -4.38. The number of carboxylic acids is 1. The normalized spacial score (nSPS) is 12.8. The summed E-state index contributed by atoms with van der Waals surface area (Å²) in [7, 11) is 0. The zero-order chi connectivity index (χ0) is 16.0. The lowest BCUT2D eigenvalue weighted by Crippen LogP contribution is -2.41. The molecule has 1 atom stereocenters. The number of alkyl halides is 3. The van der Waals surface area contributed by atoms with Crippen molar-refractivity contribution in [2.45, 2.75) is 22.9 Å². The molecule has 0 radical (unpaired) electrons. The summed E-state index contributed by atoms with van der Waals surface area (Å²) in [5, 5.41) is 19.7. The number of carboxylic acid groups (broad SMARTS) is 1. The van der Waals surface area contributed by atoms with Crippen LogP contribution in [0, 0.1) is 0 Å². The maximum Gasteiger partial charge on any atom is 0.446 e. The van der Waals surface area contributed by atoms with Crippen LogP contribution >= 0.6 is 11.8 Å². The number of halogens is 3. The van der Waals surface area contributed by atoms with E-state index in [0.717, 1.165) is 12.1 Å². The van der Waals surface area contributed by atoms with E-state index in [9.17, 15) is 22.8 Å². The highest BCUT2D eigenvalue weighted by atomic mass is 32.2. The van der Waals surface area contributed by atoms with Crippen molar-refractivity contribution in [1.29, 1.82) is 0 Å². The minimum absolute atomic E-state index is 0.0331. The van der Waals surface area contributed by atoms with Gasteiger partial charge in [0.2, 0.25) is 0 Å². The van der Waals surface area contributed by atoms with Gasteiger partial charge >= 0.3 is 11.5 Å². The number of carbonyl (C=O) groups is 2. The second-order valence-electron chi connectivity index (χ2n) is 3.95. The molecule has 116 valence electrons. The lowest BCUT2D eigenvalue weighted by molar-refractivity contribution is -0.139. The van der Waals surface area contributed by atoms with Gasteiger partial charge in [-0.05, 0) is 36.0 Å². The topological polar surface area (TPSA) is 86.6 Å². The van der Waals surface area contributed by atoms with E-state index in [0.29, 0.717) is 0 Å². The fourth-order valence-electron chi connectivity index (χ4n) is 1.44. The SMILES string of the molecule is O=C(N[C@H](CCO)C(=O)O)c1ccc(SC(F)(F)F)cc1. The van der Waals surface area contributed by atoms with Gasteiger partial charge in [-0.3, -0.25) is 4.79 Å². The monoisotopic (exact) mass is 323 g/mol. The number of amides is 1. The van der Waals surface area contributed by atoms with Gasteiger partial charge in [-0.25, -0.2) is 4.79 Å². The molecule has 9 heteroatoms. The average molecular weight is 323 g/mol. The molecule has 1 aromatic carbocycles. The Morgan fingerprint density at radius 3 is 2.24 bits per heavy atom. The molecule has 5 nitrogen and oxygen atoms in total. The molecule has 0 saturated heterocycles. The Labute approximate surface area is 122 Å². The van der Waals surface area contributed by atoms with Crippen molar-refractivity contribution in [1.82, 2.24) is 5.32 Å². The molecule has 1 rings (SSSR count). The molecule has 0 saturated carbocycles. The third-order valence-electron chi connectivity index (χ3n) is 2.37. The van der Waals surface area contributed by atoms with Gasteiger partial charge in [0.05, 0.1) is 0 Å². The molecule has 1 aromatic rings. The summed E-state index contributed by atoms with van der Waals surface area (Å²) in [6.07, 6.45) is -0.164. The van der Waals surface area contributed by atoms with Gasteiger partial charge in [-0.2, -0.15) is 13.2 Å². The highest BCUT2D eigenvalue weighted by Crippen LogP contribution is 2.36. The van der Waals surface area contributed by atoms with E-state index < -0.39 is 30.0 Å². The van der Waals surface area contributed by atoms with Crippen LogP contribution in [0.25, 0.3) is 0 Å². The molecule has 0 spiro atoms. The van der Waals surface area contributed by atoms with Crippen molar-refractivity contribution in [3.05, 3.63) is 29.8 Å². The van der Waals surface area contributed by atoms with Crippen LogP contribution in [0.4, 0.5) is 13.2 Å². The molecular weight excluding hydrogens is 311 g/mol. The van der Waals surface area contributed by atoms with Crippen LogP contribution in [-0.2, 0) is 4.79 Å². The van der Waals surface area contributed by atoms with Crippen molar-refractivity contribution in [2.75, 3.05) is 6.61 Å². The first-order valence-electron chi connectivity index (χ1n) is 5.73. The third kappa shape index (κ3) is 6.05. The van der Waals surface area contributed by atoms with Gasteiger partial charge in [-0.1, -0.05) is 0 Å². The molecule has 0 aromatic heterocycles. The quantitative estimate of drug-likeness (QED) is 0.696. The zero-order valence-corrected chi connectivity index (χ0v) is 11.4. The van der Waals surface area contributed by atoms with Gasteiger partial charge in [0.25, 0.3) is 5.91 Å². The van der Waals surface area contributed by atoms with E-state index in [4.69, 9.17) is 10.2 Å². The van der Waals surface area contributed by atoms with Crippen LogP contribution in [0.5, 0.6) is 0 Å². The fourth-order valence-corrected chi connectivity index (χ4v) is 1.98. The number of aliphatic hydroxyl groups excluding tert-OH is 1. The molecule has 0 aliphatic heterocycles. The molecule has 3 N–H and O–H groups in total. The molecule has 0 heterocycles. The second-order valence-corrected chi connectivity index (χ2v) is 5.09. The van der Waals surface area contributed by atoms with Gasteiger partial charge in [0.1, 0.15) is 6.04 Å². The van der Waals surface area contributed by atoms with Crippen molar-refractivity contribution in [3.63, 3.8) is 0 Å². The molecular formula is C12H12F3NO4S. The molecule has 0 aliphatic carbocycles. The highest BCUT2D eigenvalue weighted by Gasteiger charge is 2.29. The van der Waals surface area contributed by atoms with Crippen molar-refractivity contribution in [2.24, 2.45) is 0 Å². The minimum Gasteiger partial charge on any atom is -0.480 e. The molecule has 0 fully saturated rings. The largest absolute Gasteiger partial charge is 0.480 e. The number of hydrogen-bond donors (Lipinski definition) is 3. The van der Waals surface area contributed by atoms with E-state index in [2.05, 4.69) is 5.32 Å². The fraction of sp³-hybridized carbons (Fsp3) is 0.333. The Bertz CT molecular complexity index is 504. The standard InChI is InChI=1S/C12H12F3NO4S/c13-12(14,15)21-8-3-1-7(2-4-8)10(18)16-9(5-6-17)11(19)20/h1-4,9,17H,5-6H2,(H,16,18)(H,19,20)/t9-/m1/s1. The number of aliphatic hydroxyl groups is 1. The summed E-state index contributed by atoms with van der Waals surface area (Å²) in [6, 6.07) is 3.32. The Balaban J connectivity index is 2.72. The summed E-state index contributed by atoms with van der Waals surface area (Å²) in [4.78, 5) is 22.5. The number of thioether (sulfide) groups is 1. The maximum atomic E-state index is 12.1. The van der Waals surface area contributed by atoms with Crippen LogP contribution in [-0.4, -0.2) is 40.2 Å². The van der Waals surface area contributed by atoms with Crippen LogP contribution in [0.15, 0.2) is 29.2 Å². The van der Waals surface area contributed by atoms with Crippen molar-refractivity contribution >= 4 is 23.6 Å². The summed E-state index contributed by atoms with van der Waals surface area (Å²) in [6.45, 7) is -0.418. The summed E-state index contributed by atoms with van der Waals surface area (Å²) >= 11 is -0.311. The molecule has 0 aliphatic rings. The number of rotatable bonds is 6. The predicted octanol–water partition coefficient (Wildman–Crippen LogP) is 1.86. The first kappa shape index (κ1) is 17.3.